The van der Waals surface area contributed by atoms with E-state index in [1.165, 1.54) is 5.56 Å². The Bertz CT molecular complexity index is 847. The van der Waals surface area contributed by atoms with Crippen LogP contribution in [0.15, 0.2) is 42.5 Å². The molecule has 2 aromatic carbocycles. The lowest BCUT2D eigenvalue weighted by molar-refractivity contribution is -0.327. The Hall–Kier alpha value is -1.48. The van der Waals surface area contributed by atoms with Crippen molar-refractivity contribution in [3.8, 4) is 0 Å². The molecular weight excluding hydrogens is 339 g/mol. The summed E-state index contributed by atoms with van der Waals surface area (Å²) in [5.74, 6) is 0.929. The number of hydrogen-bond acceptors (Lipinski definition) is 1. The number of rotatable bonds is 3. The third-order valence-corrected chi connectivity index (χ3v) is 4.48. The van der Waals surface area contributed by atoms with E-state index >= 15 is 0 Å². The van der Waals surface area contributed by atoms with Crippen LogP contribution in [0.4, 0.5) is 5.82 Å². The first kappa shape index (κ1) is 15.4. The highest BCUT2D eigenvalue weighted by Gasteiger charge is 2.09. The molecule has 0 amide bonds. The molecule has 1 heterocycles. The van der Waals surface area contributed by atoms with Crippen LogP contribution in [0, 0.1) is 6.92 Å². The van der Waals surface area contributed by atoms with E-state index in [0.29, 0.717) is 21.6 Å². The van der Waals surface area contributed by atoms with Crippen LogP contribution in [0.5, 0.6) is 0 Å². The smallest absolute Gasteiger partial charge is 0.270 e. The molecule has 0 fully saturated rings. The van der Waals surface area contributed by atoms with Crippen molar-refractivity contribution in [2.45, 2.75) is 13.5 Å². The number of hydrogen-bond donors (Lipinski definition) is 1. The number of fused-ring (bicyclic) bond motifs is 1. The average Bonchev–Trinajstić information content (AvgIpc) is 2.48. The highest BCUT2D eigenvalue weighted by Crippen LogP contribution is 2.24. The highest BCUT2D eigenvalue weighted by molar-refractivity contribution is 6.42. The molecule has 0 saturated heterocycles. The monoisotopic (exact) mass is 351 g/mol. The summed E-state index contributed by atoms with van der Waals surface area (Å²) in [6.07, 6.45) is 0. The van der Waals surface area contributed by atoms with Crippen molar-refractivity contribution in [2.24, 2.45) is 0 Å². The summed E-state index contributed by atoms with van der Waals surface area (Å²) in [6.45, 7) is 2.73. The minimum absolute atomic E-state index is 0.562. The summed E-state index contributed by atoms with van der Waals surface area (Å²) in [5.41, 5.74) is 3.25. The Morgan fingerprint density at radius 3 is 2.55 bits per heavy atom. The Kier molecular flexibility index (Phi) is 4.44. The quantitative estimate of drug-likeness (QED) is 0.658. The normalized spacial score (nSPS) is 10.9. The van der Waals surface area contributed by atoms with Crippen LogP contribution in [0.25, 0.3) is 10.9 Å². The minimum Gasteiger partial charge on any atom is -0.270 e. The third-order valence-electron chi connectivity index (χ3n) is 3.50. The Morgan fingerprint density at radius 1 is 0.955 bits per heavy atom. The first-order chi connectivity index (χ1) is 10.5. The highest BCUT2D eigenvalue weighted by atomic mass is 35.5. The lowest BCUT2D eigenvalue weighted by Crippen LogP contribution is -2.14. The van der Waals surface area contributed by atoms with Crippen molar-refractivity contribution in [1.29, 1.82) is 0 Å². The minimum atomic E-state index is 0.562. The van der Waals surface area contributed by atoms with Gasteiger partial charge in [0.25, 0.3) is 5.82 Å². The zero-order chi connectivity index (χ0) is 15.7. The van der Waals surface area contributed by atoms with Crippen molar-refractivity contribution in [2.75, 3.05) is 5.32 Å². The predicted molar refractivity (Wildman–Crippen MR) is 94.0 cm³/mol. The lowest BCUT2D eigenvalue weighted by atomic mass is 10.1. The molecule has 3 rings (SSSR count). The molecule has 0 aliphatic carbocycles. The van der Waals surface area contributed by atoms with E-state index in [1.807, 2.05) is 30.3 Å². The van der Waals surface area contributed by atoms with Crippen molar-refractivity contribution in [3.63, 3.8) is 0 Å². The largest absolute Gasteiger partial charge is 0.273 e. The number of pyridine rings is 1. The van der Waals surface area contributed by atoms with Gasteiger partial charge in [-0.05, 0) is 42.3 Å². The summed E-state index contributed by atoms with van der Waals surface area (Å²) in [6, 6.07) is 13.5. The summed E-state index contributed by atoms with van der Waals surface area (Å²) in [7, 11) is 0. The van der Waals surface area contributed by atoms with Crippen molar-refractivity contribution < 1.29 is 4.98 Å². The maximum Gasteiger partial charge on any atom is 0.273 e. The van der Waals surface area contributed by atoms with Crippen LogP contribution < -0.4 is 10.3 Å². The summed E-state index contributed by atoms with van der Waals surface area (Å²) in [5, 5.41) is 6.35. The van der Waals surface area contributed by atoms with E-state index in [2.05, 4.69) is 23.3 Å². The molecule has 3 aromatic rings. The third kappa shape index (κ3) is 3.30. The predicted octanol–water partition coefficient (Wildman–Crippen LogP) is 5.53. The Morgan fingerprint density at radius 2 is 1.77 bits per heavy atom. The second-order valence-corrected chi connectivity index (χ2v) is 6.41. The van der Waals surface area contributed by atoms with Gasteiger partial charge in [-0.15, -0.1) is 0 Å². The summed E-state index contributed by atoms with van der Waals surface area (Å²) >= 11 is 18.0. The maximum atomic E-state index is 6.06. The molecule has 112 valence electrons. The zero-order valence-corrected chi connectivity index (χ0v) is 14.2. The van der Waals surface area contributed by atoms with E-state index in [4.69, 9.17) is 34.8 Å². The number of nitrogens with one attached hydrogen (secondary N) is 2. The van der Waals surface area contributed by atoms with E-state index < -0.39 is 0 Å². The van der Waals surface area contributed by atoms with Crippen LogP contribution in [-0.2, 0) is 6.54 Å². The van der Waals surface area contributed by atoms with Gasteiger partial charge in [-0.1, -0.05) is 40.9 Å². The first-order valence-electron chi connectivity index (χ1n) is 6.83. The van der Waals surface area contributed by atoms with Gasteiger partial charge in [-0.2, -0.15) is 0 Å². The van der Waals surface area contributed by atoms with Gasteiger partial charge < -0.3 is 0 Å². The molecule has 0 aliphatic heterocycles. The van der Waals surface area contributed by atoms with Gasteiger partial charge in [0.1, 0.15) is 12.1 Å². The van der Waals surface area contributed by atoms with Crippen molar-refractivity contribution >= 4 is 51.5 Å². The molecule has 2 nitrogen and oxygen atoms in total. The molecule has 0 bridgehead atoms. The SMILES string of the molecule is Cc1cc(NCc2ccc(Cl)c(Cl)c2)[nH+]c2cc(Cl)ccc12. The number of aromatic amines is 1. The lowest BCUT2D eigenvalue weighted by Gasteiger charge is -2.05. The number of aryl methyl sites for hydroxylation is 1. The van der Waals surface area contributed by atoms with E-state index in [1.54, 1.807) is 6.07 Å². The number of halogens is 3. The van der Waals surface area contributed by atoms with Gasteiger partial charge in [0, 0.05) is 22.5 Å². The molecule has 2 N–H and O–H groups in total. The molecule has 0 spiro atoms. The fraction of sp³-hybridized carbons (Fsp3) is 0.118. The number of H-pyrrole nitrogens is 1. The van der Waals surface area contributed by atoms with E-state index in [9.17, 15) is 0 Å². The molecule has 22 heavy (non-hydrogen) atoms. The topological polar surface area (TPSA) is 26.2 Å². The summed E-state index contributed by atoms with van der Waals surface area (Å²) < 4.78 is 0. The molecular formula is C17H14Cl3N2+. The van der Waals surface area contributed by atoms with Crippen LogP contribution in [0.1, 0.15) is 11.1 Å². The van der Waals surface area contributed by atoms with Crippen LogP contribution in [0.3, 0.4) is 0 Å². The second kappa shape index (κ2) is 6.33. The fourth-order valence-corrected chi connectivity index (χ4v) is 2.87. The van der Waals surface area contributed by atoms with Gasteiger partial charge in [-0.25, -0.2) is 4.98 Å². The fourth-order valence-electron chi connectivity index (χ4n) is 2.38. The standard InChI is InChI=1S/C17H13Cl3N2/c1-10-6-17(22-16-8-12(18)3-4-13(10)16)21-9-11-2-5-14(19)15(20)7-11/h2-8H,9H2,1H3,(H,21,22)/p+1. The van der Waals surface area contributed by atoms with Gasteiger partial charge >= 0.3 is 0 Å². The van der Waals surface area contributed by atoms with E-state index in [0.717, 1.165) is 22.3 Å². The van der Waals surface area contributed by atoms with Crippen molar-refractivity contribution in [3.05, 3.63) is 68.7 Å². The Balaban J connectivity index is 1.85. The zero-order valence-electron chi connectivity index (χ0n) is 11.9. The maximum absolute atomic E-state index is 6.06. The molecule has 0 aliphatic rings. The van der Waals surface area contributed by atoms with Gasteiger partial charge in [-0.3, -0.25) is 5.32 Å². The van der Waals surface area contributed by atoms with E-state index in [-0.39, 0.29) is 0 Å². The molecule has 5 heteroatoms. The molecule has 0 unspecified atom stereocenters. The Labute approximate surface area is 144 Å². The molecule has 1 aromatic heterocycles. The average molecular weight is 353 g/mol. The molecule has 0 saturated carbocycles. The van der Waals surface area contributed by atoms with Crippen molar-refractivity contribution in [1.82, 2.24) is 0 Å². The van der Waals surface area contributed by atoms with Crippen LogP contribution >= 0.6 is 34.8 Å². The first-order valence-corrected chi connectivity index (χ1v) is 7.96. The van der Waals surface area contributed by atoms with Crippen LogP contribution in [-0.4, -0.2) is 0 Å². The van der Waals surface area contributed by atoms with Gasteiger partial charge in [0.05, 0.1) is 10.0 Å². The molecule has 0 atom stereocenters. The number of anilines is 1. The number of aromatic nitrogens is 1. The summed E-state index contributed by atoms with van der Waals surface area (Å²) in [4.78, 5) is 3.35. The van der Waals surface area contributed by atoms with Gasteiger partial charge in [0.2, 0.25) is 0 Å². The van der Waals surface area contributed by atoms with Gasteiger partial charge in [0.15, 0.2) is 0 Å². The molecule has 0 radical (unpaired) electrons. The number of benzene rings is 2. The second-order valence-electron chi connectivity index (χ2n) is 5.16. The van der Waals surface area contributed by atoms with Crippen LogP contribution in [0.2, 0.25) is 15.1 Å².